The lowest BCUT2D eigenvalue weighted by Gasteiger charge is -2.49. The minimum absolute atomic E-state index is 0.746. The van der Waals surface area contributed by atoms with Crippen LogP contribution in [0.4, 0.5) is 0 Å². The van der Waals surface area contributed by atoms with E-state index in [0.717, 1.165) is 41.0 Å². The van der Waals surface area contributed by atoms with Crippen LogP contribution >= 0.6 is 0 Å². The average molecular weight is 325 g/mol. The van der Waals surface area contributed by atoms with Gasteiger partial charge >= 0.3 is 0 Å². The monoisotopic (exact) mass is 325 g/mol. The van der Waals surface area contributed by atoms with Gasteiger partial charge in [-0.1, -0.05) is 24.6 Å². The number of likely N-dealkylation sites (tertiary alicyclic amines) is 2. The van der Waals surface area contributed by atoms with Crippen molar-refractivity contribution in [1.29, 1.82) is 0 Å². The molecule has 2 fully saturated rings. The average Bonchev–Trinajstić information content (AvgIpc) is 2.58. The summed E-state index contributed by atoms with van der Waals surface area (Å²) in [6.45, 7) is 6.96. The molecule has 0 N–H and O–H groups in total. The van der Waals surface area contributed by atoms with Crippen molar-refractivity contribution in [1.82, 2.24) is 14.8 Å². The molecule has 2 aliphatic heterocycles. The number of hydrogen-bond donors (Lipinski definition) is 0. The Balaban J connectivity index is 1.41. The van der Waals surface area contributed by atoms with Gasteiger partial charge in [0.2, 0.25) is 0 Å². The molecule has 3 heterocycles. The molecule has 24 heavy (non-hydrogen) atoms. The summed E-state index contributed by atoms with van der Waals surface area (Å²) < 4.78 is 5.45. The molecule has 1 aromatic heterocycles. The van der Waals surface area contributed by atoms with Gasteiger partial charge in [0.15, 0.2) is 0 Å². The van der Waals surface area contributed by atoms with E-state index in [2.05, 4.69) is 34.9 Å². The van der Waals surface area contributed by atoms with Crippen LogP contribution in [0, 0.1) is 0 Å². The second-order valence-corrected chi connectivity index (χ2v) is 7.27. The number of pyridine rings is 1. The quantitative estimate of drug-likeness (QED) is 0.862. The second-order valence-electron chi connectivity index (χ2n) is 7.27. The maximum absolute atomic E-state index is 5.45. The number of piperidine rings is 1. The molecular weight excluding hydrogens is 298 g/mol. The molecule has 0 saturated carbocycles. The van der Waals surface area contributed by atoms with Crippen LogP contribution in [0.25, 0.3) is 10.9 Å². The molecule has 2 aliphatic rings. The third kappa shape index (κ3) is 3.01. The standard InChI is InChI=1S/C20H27N3O/c1-15-6-3-4-11-23(15)18-13-22(14-18)12-17-10-9-16-7-5-8-19(24-2)20(16)21-17/h5,7-10,15,18H,3-4,6,11-14H2,1-2H3/t15-/m0/s1. The van der Waals surface area contributed by atoms with E-state index in [0.29, 0.717) is 0 Å². The van der Waals surface area contributed by atoms with Gasteiger partial charge in [0.25, 0.3) is 0 Å². The zero-order valence-electron chi connectivity index (χ0n) is 14.7. The van der Waals surface area contributed by atoms with E-state index in [9.17, 15) is 0 Å². The van der Waals surface area contributed by atoms with Crippen LogP contribution in [0.3, 0.4) is 0 Å². The minimum Gasteiger partial charge on any atom is -0.494 e. The molecule has 0 unspecified atom stereocenters. The fraction of sp³-hybridized carbons (Fsp3) is 0.550. The maximum Gasteiger partial charge on any atom is 0.145 e. The van der Waals surface area contributed by atoms with Crippen molar-refractivity contribution in [2.45, 2.75) is 44.8 Å². The summed E-state index contributed by atoms with van der Waals surface area (Å²) in [7, 11) is 1.71. The Labute approximate surface area is 144 Å². The van der Waals surface area contributed by atoms with Gasteiger partial charge in [-0.15, -0.1) is 0 Å². The summed E-state index contributed by atoms with van der Waals surface area (Å²) in [5.41, 5.74) is 2.11. The maximum atomic E-state index is 5.45. The first-order valence-electron chi connectivity index (χ1n) is 9.15. The van der Waals surface area contributed by atoms with Gasteiger partial charge < -0.3 is 4.74 Å². The van der Waals surface area contributed by atoms with Crippen molar-refractivity contribution < 1.29 is 4.74 Å². The van der Waals surface area contributed by atoms with Crippen LogP contribution in [-0.4, -0.2) is 53.6 Å². The van der Waals surface area contributed by atoms with Gasteiger partial charge in [-0.2, -0.15) is 0 Å². The summed E-state index contributed by atoms with van der Waals surface area (Å²) in [4.78, 5) is 10.1. The number of aromatic nitrogens is 1. The Morgan fingerprint density at radius 2 is 2.04 bits per heavy atom. The van der Waals surface area contributed by atoms with E-state index in [1.807, 2.05) is 12.1 Å². The highest BCUT2D eigenvalue weighted by Crippen LogP contribution is 2.27. The van der Waals surface area contributed by atoms with E-state index >= 15 is 0 Å². The van der Waals surface area contributed by atoms with E-state index in [1.54, 1.807) is 7.11 Å². The molecule has 0 bridgehead atoms. The number of benzene rings is 1. The molecule has 2 saturated heterocycles. The minimum atomic E-state index is 0.746. The van der Waals surface area contributed by atoms with E-state index in [1.165, 1.54) is 38.9 Å². The number of fused-ring (bicyclic) bond motifs is 1. The van der Waals surface area contributed by atoms with Crippen molar-refractivity contribution in [3.63, 3.8) is 0 Å². The largest absolute Gasteiger partial charge is 0.494 e. The summed E-state index contributed by atoms with van der Waals surface area (Å²) in [5, 5.41) is 1.14. The first-order valence-corrected chi connectivity index (χ1v) is 9.15. The van der Waals surface area contributed by atoms with Crippen molar-refractivity contribution >= 4 is 10.9 Å². The topological polar surface area (TPSA) is 28.6 Å². The van der Waals surface area contributed by atoms with Gasteiger partial charge in [-0.05, 0) is 38.4 Å². The zero-order valence-corrected chi connectivity index (χ0v) is 14.7. The second kappa shape index (κ2) is 6.69. The van der Waals surface area contributed by atoms with Gasteiger partial charge in [-0.3, -0.25) is 9.80 Å². The number of ether oxygens (including phenoxy) is 1. The summed E-state index contributed by atoms with van der Waals surface area (Å²) in [5.74, 6) is 0.859. The molecule has 2 aromatic rings. The van der Waals surface area contributed by atoms with Crippen LogP contribution < -0.4 is 4.74 Å². The summed E-state index contributed by atoms with van der Waals surface area (Å²) in [6, 6.07) is 11.9. The van der Waals surface area contributed by atoms with E-state index in [-0.39, 0.29) is 0 Å². The van der Waals surface area contributed by atoms with Crippen LogP contribution in [-0.2, 0) is 6.54 Å². The molecule has 1 atom stereocenters. The smallest absolute Gasteiger partial charge is 0.145 e. The van der Waals surface area contributed by atoms with Crippen LogP contribution in [0.2, 0.25) is 0 Å². The predicted octanol–water partition coefficient (Wildman–Crippen LogP) is 3.30. The van der Waals surface area contributed by atoms with Crippen LogP contribution in [0.5, 0.6) is 5.75 Å². The fourth-order valence-corrected chi connectivity index (χ4v) is 4.19. The number of nitrogens with zero attached hydrogens (tertiary/aromatic N) is 3. The number of methoxy groups -OCH3 is 1. The summed E-state index contributed by atoms with van der Waals surface area (Å²) >= 11 is 0. The third-order valence-corrected chi connectivity index (χ3v) is 5.61. The summed E-state index contributed by atoms with van der Waals surface area (Å²) in [6.07, 6.45) is 4.13. The molecule has 4 nitrogen and oxygen atoms in total. The third-order valence-electron chi connectivity index (χ3n) is 5.61. The lowest BCUT2D eigenvalue weighted by molar-refractivity contribution is -0.00670. The fourth-order valence-electron chi connectivity index (χ4n) is 4.19. The molecule has 0 amide bonds. The number of rotatable bonds is 4. The lowest BCUT2D eigenvalue weighted by atomic mass is 9.97. The Kier molecular flexibility index (Phi) is 4.42. The van der Waals surface area contributed by atoms with Gasteiger partial charge in [0.05, 0.1) is 12.8 Å². The predicted molar refractivity (Wildman–Crippen MR) is 97.4 cm³/mol. The molecule has 4 heteroatoms. The number of hydrogen-bond acceptors (Lipinski definition) is 4. The highest BCUT2D eigenvalue weighted by molar-refractivity contribution is 5.84. The van der Waals surface area contributed by atoms with Crippen LogP contribution in [0.1, 0.15) is 31.9 Å². The van der Waals surface area contributed by atoms with Gasteiger partial charge in [-0.25, -0.2) is 4.98 Å². The zero-order chi connectivity index (χ0) is 16.5. The van der Waals surface area contributed by atoms with Gasteiger partial charge in [0.1, 0.15) is 11.3 Å². The Morgan fingerprint density at radius 1 is 1.17 bits per heavy atom. The van der Waals surface area contributed by atoms with Gasteiger partial charge in [0, 0.05) is 37.1 Å². The SMILES string of the molecule is COc1cccc2ccc(CN3CC(N4CCCC[C@@H]4C)C3)nc12. The van der Waals surface area contributed by atoms with Crippen molar-refractivity contribution in [3.05, 3.63) is 36.0 Å². The Morgan fingerprint density at radius 3 is 2.83 bits per heavy atom. The molecule has 0 radical (unpaired) electrons. The molecule has 0 spiro atoms. The molecular formula is C20H27N3O. The molecule has 0 aliphatic carbocycles. The van der Waals surface area contributed by atoms with E-state index in [4.69, 9.17) is 9.72 Å². The highest BCUT2D eigenvalue weighted by Gasteiger charge is 2.35. The lowest BCUT2D eigenvalue weighted by Crippen LogP contribution is -2.61. The Bertz CT molecular complexity index is 711. The molecule has 128 valence electrons. The first kappa shape index (κ1) is 15.9. The first-order chi connectivity index (χ1) is 11.7. The molecule has 1 aromatic carbocycles. The Hall–Kier alpha value is -1.65. The number of para-hydroxylation sites is 1. The van der Waals surface area contributed by atoms with Crippen molar-refractivity contribution in [3.8, 4) is 5.75 Å². The molecule has 4 rings (SSSR count). The normalized spacial score (nSPS) is 23.3. The van der Waals surface area contributed by atoms with E-state index < -0.39 is 0 Å². The highest BCUT2D eigenvalue weighted by atomic mass is 16.5. The van der Waals surface area contributed by atoms with Crippen molar-refractivity contribution in [2.24, 2.45) is 0 Å². The van der Waals surface area contributed by atoms with Crippen molar-refractivity contribution in [2.75, 3.05) is 26.7 Å². The van der Waals surface area contributed by atoms with Crippen LogP contribution in [0.15, 0.2) is 30.3 Å².